The van der Waals surface area contributed by atoms with E-state index >= 15 is 0 Å². The highest BCUT2D eigenvalue weighted by molar-refractivity contribution is 5.12. The summed E-state index contributed by atoms with van der Waals surface area (Å²) in [5, 5.41) is 0. The summed E-state index contributed by atoms with van der Waals surface area (Å²) in [5.74, 6) is 0. The van der Waals surface area contributed by atoms with E-state index in [1.54, 1.807) is 5.57 Å². The molecular formula is C10H16. The Morgan fingerprint density at radius 3 is 2.90 bits per heavy atom. The summed E-state index contributed by atoms with van der Waals surface area (Å²) in [4.78, 5) is 0. The molecule has 10 heavy (non-hydrogen) atoms. The zero-order valence-corrected chi connectivity index (χ0v) is 6.82. The molecule has 0 radical (unpaired) electrons. The van der Waals surface area contributed by atoms with Crippen LogP contribution < -0.4 is 0 Å². The Morgan fingerprint density at radius 2 is 2.40 bits per heavy atom. The maximum Gasteiger partial charge on any atom is -0.0114 e. The summed E-state index contributed by atoms with van der Waals surface area (Å²) in [6.07, 6.45) is 8.91. The molecule has 1 aliphatic rings. The molecule has 0 amide bonds. The fraction of sp³-hybridized carbons (Fsp3) is 0.600. The van der Waals surface area contributed by atoms with E-state index in [9.17, 15) is 0 Å². The Hall–Kier alpha value is -0.520. The van der Waals surface area contributed by atoms with Gasteiger partial charge in [-0.2, -0.15) is 0 Å². The second-order valence-corrected chi connectivity index (χ2v) is 3.24. The van der Waals surface area contributed by atoms with Crippen LogP contribution in [-0.2, 0) is 0 Å². The third kappa shape index (κ3) is 2.38. The van der Waals surface area contributed by atoms with Gasteiger partial charge in [0.25, 0.3) is 0 Å². The van der Waals surface area contributed by atoms with Gasteiger partial charge in [-0.05, 0) is 39.0 Å². The Bertz CT molecular complexity index is 151. The number of rotatable bonds is 2. The summed E-state index contributed by atoms with van der Waals surface area (Å²) in [6.45, 7) is 6.01. The topological polar surface area (TPSA) is 0 Å². The Morgan fingerprint density at radius 1 is 1.60 bits per heavy atom. The highest BCUT2D eigenvalue weighted by Crippen LogP contribution is 2.22. The summed E-state index contributed by atoms with van der Waals surface area (Å²) in [7, 11) is 0. The maximum atomic E-state index is 3.91. The van der Waals surface area contributed by atoms with Crippen molar-refractivity contribution in [3.63, 3.8) is 0 Å². The van der Waals surface area contributed by atoms with Crippen molar-refractivity contribution in [2.45, 2.75) is 39.0 Å². The van der Waals surface area contributed by atoms with Gasteiger partial charge in [0.2, 0.25) is 0 Å². The summed E-state index contributed by atoms with van der Waals surface area (Å²) >= 11 is 0. The van der Waals surface area contributed by atoms with E-state index in [4.69, 9.17) is 0 Å². The first-order chi connectivity index (χ1) is 4.79. The summed E-state index contributed by atoms with van der Waals surface area (Å²) < 4.78 is 0. The van der Waals surface area contributed by atoms with Gasteiger partial charge >= 0.3 is 0 Å². The molecule has 0 atom stereocenters. The highest BCUT2D eigenvalue weighted by atomic mass is 14.1. The van der Waals surface area contributed by atoms with Gasteiger partial charge in [0.05, 0.1) is 0 Å². The third-order valence-electron chi connectivity index (χ3n) is 1.91. The van der Waals surface area contributed by atoms with Gasteiger partial charge in [-0.15, -0.1) is 0 Å². The van der Waals surface area contributed by atoms with E-state index < -0.39 is 0 Å². The normalized spacial score (nSPS) is 18.3. The molecule has 0 bridgehead atoms. The van der Waals surface area contributed by atoms with Crippen LogP contribution >= 0.6 is 0 Å². The molecule has 1 aliphatic carbocycles. The second kappa shape index (κ2) is 3.60. The summed E-state index contributed by atoms with van der Waals surface area (Å²) in [6, 6.07) is 0. The van der Waals surface area contributed by atoms with Crippen LogP contribution in [0, 0.1) is 0 Å². The van der Waals surface area contributed by atoms with Crippen LogP contribution in [0.5, 0.6) is 0 Å². The Labute approximate surface area is 63.6 Å². The smallest absolute Gasteiger partial charge is 0.0114 e. The number of hydrogen-bond donors (Lipinski definition) is 0. The van der Waals surface area contributed by atoms with E-state index in [-0.39, 0.29) is 0 Å². The minimum Gasteiger partial charge on any atom is -0.0998 e. The van der Waals surface area contributed by atoms with Gasteiger partial charge in [-0.25, -0.2) is 0 Å². The predicted molar refractivity (Wildman–Crippen MR) is 46.0 cm³/mol. The first-order valence-electron chi connectivity index (χ1n) is 4.11. The Balaban J connectivity index is 2.38. The van der Waals surface area contributed by atoms with Crippen molar-refractivity contribution >= 4 is 0 Å². The molecule has 0 aliphatic heterocycles. The summed E-state index contributed by atoms with van der Waals surface area (Å²) in [5.41, 5.74) is 2.91. The van der Waals surface area contributed by atoms with Crippen molar-refractivity contribution < 1.29 is 0 Å². The van der Waals surface area contributed by atoms with Gasteiger partial charge in [-0.1, -0.05) is 23.8 Å². The number of hydrogen-bond acceptors (Lipinski definition) is 0. The second-order valence-electron chi connectivity index (χ2n) is 3.24. The molecule has 0 N–H and O–H groups in total. The van der Waals surface area contributed by atoms with Crippen LogP contribution in [0.15, 0.2) is 23.8 Å². The molecule has 0 heteroatoms. The molecule has 0 nitrogen and oxygen atoms in total. The van der Waals surface area contributed by atoms with Crippen molar-refractivity contribution in [2.24, 2.45) is 0 Å². The molecule has 0 saturated carbocycles. The third-order valence-corrected chi connectivity index (χ3v) is 1.91. The fourth-order valence-electron chi connectivity index (χ4n) is 1.45. The van der Waals surface area contributed by atoms with Crippen molar-refractivity contribution in [1.29, 1.82) is 0 Å². The first-order valence-corrected chi connectivity index (χ1v) is 4.11. The molecule has 0 aromatic carbocycles. The quantitative estimate of drug-likeness (QED) is 0.510. The largest absolute Gasteiger partial charge is 0.0998 e. The average Bonchev–Trinajstić information content (AvgIpc) is 1.88. The lowest BCUT2D eigenvalue weighted by Gasteiger charge is -2.11. The lowest BCUT2D eigenvalue weighted by atomic mass is 9.95. The monoisotopic (exact) mass is 136 g/mol. The first kappa shape index (κ1) is 7.59. The molecular weight excluding hydrogens is 120 g/mol. The molecule has 0 fully saturated rings. The molecule has 0 heterocycles. The van der Waals surface area contributed by atoms with E-state index in [2.05, 4.69) is 19.6 Å². The van der Waals surface area contributed by atoms with Crippen molar-refractivity contribution in [3.8, 4) is 0 Å². The van der Waals surface area contributed by atoms with Gasteiger partial charge in [0.1, 0.15) is 0 Å². The molecule has 0 aromatic rings. The molecule has 0 spiro atoms. The molecule has 0 aromatic heterocycles. The fourth-order valence-corrected chi connectivity index (χ4v) is 1.45. The SMILES string of the molecule is C=C(C)CC1=CCCCC1. The predicted octanol–water partition coefficient (Wildman–Crippen LogP) is 3.45. The van der Waals surface area contributed by atoms with Crippen molar-refractivity contribution in [2.75, 3.05) is 0 Å². The number of allylic oxidation sites excluding steroid dienone is 3. The van der Waals surface area contributed by atoms with Crippen LogP contribution in [-0.4, -0.2) is 0 Å². The lowest BCUT2D eigenvalue weighted by Crippen LogP contribution is -1.91. The van der Waals surface area contributed by atoms with E-state index in [0.29, 0.717) is 0 Å². The lowest BCUT2D eigenvalue weighted by molar-refractivity contribution is 0.688. The van der Waals surface area contributed by atoms with Crippen molar-refractivity contribution in [1.82, 2.24) is 0 Å². The van der Waals surface area contributed by atoms with Crippen LogP contribution in [0.4, 0.5) is 0 Å². The van der Waals surface area contributed by atoms with Crippen LogP contribution in [0.1, 0.15) is 39.0 Å². The molecule has 56 valence electrons. The van der Waals surface area contributed by atoms with Crippen molar-refractivity contribution in [3.05, 3.63) is 23.8 Å². The van der Waals surface area contributed by atoms with Crippen LogP contribution in [0.3, 0.4) is 0 Å². The standard InChI is InChI=1S/C10H16/c1-9(2)8-10-6-4-3-5-7-10/h6H,1,3-5,7-8H2,2H3. The molecule has 0 unspecified atom stereocenters. The van der Waals surface area contributed by atoms with Gasteiger partial charge in [0, 0.05) is 0 Å². The zero-order valence-electron chi connectivity index (χ0n) is 6.82. The minimum absolute atomic E-state index is 1.14. The maximum absolute atomic E-state index is 3.91. The Kier molecular flexibility index (Phi) is 2.73. The average molecular weight is 136 g/mol. The van der Waals surface area contributed by atoms with E-state index in [0.717, 1.165) is 6.42 Å². The molecule has 0 saturated heterocycles. The zero-order chi connectivity index (χ0) is 7.40. The van der Waals surface area contributed by atoms with Gasteiger partial charge < -0.3 is 0 Å². The van der Waals surface area contributed by atoms with Crippen LogP contribution in [0.2, 0.25) is 0 Å². The van der Waals surface area contributed by atoms with Crippen LogP contribution in [0.25, 0.3) is 0 Å². The van der Waals surface area contributed by atoms with Gasteiger partial charge in [-0.3, -0.25) is 0 Å². The highest BCUT2D eigenvalue weighted by Gasteiger charge is 2.02. The van der Waals surface area contributed by atoms with Gasteiger partial charge in [0.15, 0.2) is 0 Å². The van der Waals surface area contributed by atoms with E-state index in [1.165, 1.54) is 31.3 Å². The van der Waals surface area contributed by atoms with E-state index in [1.807, 2.05) is 0 Å². The molecule has 1 rings (SSSR count). The minimum atomic E-state index is 1.14.